The van der Waals surface area contributed by atoms with Crippen molar-refractivity contribution >= 4 is 27.4 Å². The lowest BCUT2D eigenvalue weighted by molar-refractivity contribution is -0.419. The van der Waals surface area contributed by atoms with Gasteiger partial charge in [0.1, 0.15) is 0 Å². The Kier molecular flexibility index (Phi) is 14.3. The summed E-state index contributed by atoms with van der Waals surface area (Å²) in [7, 11) is 0. The maximum absolute atomic E-state index is 12.7. The highest BCUT2D eigenvalue weighted by molar-refractivity contribution is 9.12. The Balaban J connectivity index is 1.46. The van der Waals surface area contributed by atoms with Gasteiger partial charge in [0, 0.05) is 41.1 Å². The van der Waals surface area contributed by atoms with E-state index < -0.39 is 4.92 Å². The number of hydrogen-bond acceptors (Lipinski definition) is 4. The summed E-state index contributed by atoms with van der Waals surface area (Å²) in [6.07, 6.45) is 28.0. The number of Topliss-reactive ketones (excluding diaryl/α,β-unsaturated/α-hetero) is 1. The van der Waals surface area contributed by atoms with Gasteiger partial charge in [0.15, 0.2) is 5.78 Å². The van der Waals surface area contributed by atoms with Crippen LogP contribution < -0.4 is 4.90 Å². The van der Waals surface area contributed by atoms with Crippen molar-refractivity contribution in [2.75, 3.05) is 11.4 Å². The van der Waals surface area contributed by atoms with E-state index in [4.69, 9.17) is 0 Å². The highest BCUT2D eigenvalue weighted by Gasteiger charge is 2.39. The molecule has 42 heavy (non-hydrogen) atoms. The minimum Gasteiger partial charge on any atom is -0.344 e. The number of ketones is 1. The highest BCUT2D eigenvalue weighted by atomic mass is 79.9. The van der Waals surface area contributed by atoms with Crippen LogP contribution in [0.25, 0.3) is 0 Å². The number of hydrogen-bond donors (Lipinski definition) is 0. The third-order valence-electron chi connectivity index (χ3n) is 8.72. The SMILES string of the molecule is CCCCCCCCCCCCCCCCCCN1/C(=C\C=C2\C=C([N+](=O)[O-])C=C(Br)C2=O)C(C)(C)c2ccccc21. The molecular formula is C36H51BrN2O3. The average molecular weight is 640 g/mol. The van der Waals surface area contributed by atoms with Crippen LogP contribution in [0, 0.1) is 10.1 Å². The molecule has 0 bridgehead atoms. The van der Waals surface area contributed by atoms with Gasteiger partial charge in [0.25, 0.3) is 5.70 Å². The number of para-hydroxylation sites is 1. The molecule has 1 aliphatic carbocycles. The molecule has 0 radical (unpaired) electrons. The van der Waals surface area contributed by atoms with Crippen LogP contribution in [0.3, 0.4) is 0 Å². The molecule has 0 amide bonds. The summed E-state index contributed by atoms with van der Waals surface area (Å²) in [4.78, 5) is 26.0. The molecule has 1 aromatic rings. The number of rotatable bonds is 19. The largest absolute Gasteiger partial charge is 0.344 e. The van der Waals surface area contributed by atoms with Gasteiger partial charge >= 0.3 is 0 Å². The smallest absolute Gasteiger partial charge is 0.271 e. The number of allylic oxidation sites excluding steroid dienone is 7. The first-order chi connectivity index (χ1) is 20.3. The van der Waals surface area contributed by atoms with Crippen LogP contribution in [0.15, 0.2) is 70.0 Å². The third-order valence-corrected chi connectivity index (χ3v) is 9.31. The van der Waals surface area contributed by atoms with Crippen LogP contribution in [0.1, 0.15) is 129 Å². The van der Waals surface area contributed by atoms with Crippen molar-refractivity contribution in [3.8, 4) is 0 Å². The monoisotopic (exact) mass is 638 g/mol. The van der Waals surface area contributed by atoms with E-state index in [0.717, 1.165) is 18.7 Å². The van der Waals surface area contributed by atoms with Crippen molar-refractivity contribution in [2.24, 2.45) is 0 Å². The summed E-state index contributed by atoms with van der Waals surface area (Å²) in [5, 5.41) is 11.4. The van der Waals surface area contributed by atoms with Gasteiger partial charge < -0.3 is 4.90 Å². The van der Waals surface area contributed by atoms with Crippen molar-refractivity contribution in [1.29, 1.82) is 0 Å². The Morgan fingerprint density at radius 3 is 1.88 bits per heavy atom. The lowest BCUT2D eigenvalue weighted by Gasteiger charge is -2.27. The Hall–Kier alpha value is -2.47. The molecule has 0 atom stereocenters. The predicted octanol–water partition coefficient (Wildman–Crippen LogP) is 10.9. The average Bonchev–Trinajstić information content (AvgIpc) is 3.18. The van der Waals surface area contributed by atoms with Crippen LogP contribution in [-0.4, -0.2) is 17.3 Å². The van der Waals surface area contributed by atoms with Gasteiger partial charge in [-0.2, -0.15) is 0 Å². The lowest BCUT2D eigenvalue weighted by atomic mass is 9.83. The second-order valence-electron chi connectivity index (χ2n) is 12.4. The molecule has 3 rings (SSSR count). The second-order valence-corrected chi connectivity index (χ2v) is 13.3. The van der Waals surface area contributed by atoms with Gasteiger partial charge in [-0.25, -0.2) is 0 Å². The Bertz CT molecular complexity index is 1180. The molecule has 0 unspecified atom stereocenters. The summed E-state index contributed by atoms with van der Waals surface area (Å²) in [5.41, 5.74) is 3.59. The summed E-state index contributed by atoms with van der Waals surface area (Å²) in [6, 6.07) is 8.51. The number of carbonyl (C=O) groups excluding carboxylic acids is 1. The normalized spacial score (nSPS) is 18.0. The van der Waals surface area contributed by atoms with E-state index in [1.54, 1.807) is 6.08 Å². The maximum atomic E-state index is 12.7. The van der Waals surface area contributed by atoms with Gasteiger partial charge in [-0.15, -0.1) is 0 Å². The molecule has 1 aliphatic heterocycles. The summed E-state index contributed by atoms with van der Waals surface area (Å²) >= 11 is 3.20. The van der Waals surface area contributed by atoms with E-state index in [2.05, 4.69) is 65.9 Å². The zero-order valence-electron chi connectivity index (χ0n) is 26.1. The fraction of sp³-hybridized carbons (Fsp3) is 0.583. The molecular weight excluding hydrogens is 588 g/mol. The fourth-order valence-electron chi connectivity index (χ4n) is 6.20. The zero-order chi connectivity index (χ0) is 30.4. The molecule has 2 aliphatic rings. The van der Waals surface area contributed by atoms with E-state index in [1.165, 1.54) is 120 Å². The summed E-state index contributed by atoms with van der Waals surface area (Å²) in [6.45, 7) is 7.61. The summed E-state index contributed by atoms with van der Waals surface area (Å²) in [5.74, 6) is -0.241. The predicted molar refractivity (Wildman–Crippen MR) is 180 cm³/mol. The molecule has 1 aromatic carbocycles. The molecule has 6 heteroatoms. The molecule has 0 spiro atoms. The summed E-state index contributed by atoms with van der Waals surface area (Å²) < 4.78 is 0.209. The van der Waals surface area contributed by atoms with Crippen molar-refractivity contribution in [2.45, 2.75) is 129 Å². The molecule has 0 saturated heterocycles. The first kappa shape index (κ1) is 34.0. The zero-order valence-corrected chi connectivity index (χ0v) is 27.7. The maximum Gasteiger partial charge on any atom is 0.271 e. The third kappa shape index (κ3) is 9.79. The standard InChI is InChI=1S/C36H51BrN2O3/c1-4-5-6-7-8-9-10-11-12-13-14-15-16-17-18-21-26-38-33-23-20-19-22-31(33)36(2,3)34(38)25-24-29-27-30(39(41)42)28-32(37)35(29)40/h19-20,22-25,27-28H,4-18,21,26H2,1-3H3/b29-24-,34-25-. The Morgan fingerprint density at radius 2 is 1.33 bits per heavy atom. The molecule has 0 N–H and O–H groups in total. The van der Waals surface area contributed by atoms with Crippen molar-refractivity contribution < 1.29 is 9.72 Å². The van der Waals surface area contributed by atoms with Gasteiger partial charge in [-0.05, 0) is 46.1 Å². The number of anilines is 1. The second kappa shape index (κ2) is 17.6. The number of unbranched alkanes of at least 4 members (excludes halogenated alkanes) is 15. The van der Waals surface area contributed by atoms with Crippen LogP contribution in [0.2, 0.25) is 0 Å². The van der Waals surface area contributed by atoms with E-state index >= 15 is 0 Å². The molecule has 230 valence electrons. The molecule has 0 fully saturated rings. The van der Waals surface area contributed by atoms with Gasteiger partial charge in [-0.1, -0.05) is 135 Å². The van der Waals surface area contributed by atoms with Crippen molar-refractivity contribution in [3.05, 3.63) is 85.7 Å². The van der Waals surface area contributed by atoms with E-state index in [9.17, 15) is 14.9 Å². The van der Waals surface area contributed by atoms with Crippen molar-refractivity contribution in [1.82, 2.24) is 0 Å². The van der Waals surface area contributed by atoms with E-state index in [1.807, 2.05) is 6.08 Å². The highest BCUT2D eigenvalue weighted by Crippen LogP contribution is 2.47. The lowest BCUT2D eigenvalue weighted by Crippen LogP contribution is -2.27. The fourth-order valence-corrected chi connectivity index (χ4v) is 6.66. The number of nitrogens with zero attached hydrogens (tertiary/aromatic N) is 2. The van der Waals surface area contributed by atoms with Crippen molar-refractivity contribution in [3.63, 3.8) is 0 Å². The molecule has 1 heterocycles. The van der Waals surface area contributed by atoms with E-state index in [-0.39, 0.29) is 21.4 Å². The van der Waals surface area contributed by atoms with E-state index in [0.29, 0.717) is 5.57 Å². The number of benzene rings is 1. The molecule has 0 saturated carbocycles. The first-order valence-electron chi connectivity index (χ1n) is 16.3. The quantitative estimate of drug-likeness (QED) is 0.0654. The van der Waals surface area contributed by atoms with Gasteiger partial charge in [0.05, 0.1) is 9.41 Å². The van der Waals surface area contributed by atoms with Gasteiger partial charge in [-0.3, -0.25) is 14.9 Å². The van der Waals surface area contributed by atoms with Crippen LogP contribution in [-0.2, 0) is 10.2 Å². The van der Waals surface area contributed by atoms with Crippen LogP contribution in [0.4, 0.5) is 5.69 Å². The minimum atomic E-state index is -0.465. The van der Waals surface area contributed by atoms with Crippen LogP contribution >= 0.6 is 15.9 Å². The topological polar surface area (TPSA) is 63.4 Å². The number of halogens is 1. The molecule has 0 aromatic heterocycles. The number of fused-ring (bicyclic) bond motifs is 1. The number of carbonyl (C=O) groups is 1. The minimum absolute atomic E-state index is 0.0925. The Labute approximate surface area is 262 Å². The van der Waals surface area contributed by atoms with Crippen LogP contribution in [0.5, 0.6) is 0 Å². The number of nitro groups is 1. The first-order valence-corrected chi connectivity index (χ1v) is 17.1. The Morgan fingerprint density at radius 1 is 0.810 bits per heavy atom. The van der Waals surface area contributed by atoms with Gasteiger partial charge in [0.2, 0.25) is 0 Å². The molecule has 5 nitrogen and oxygen atoms in total.